The van der Waals surface area contributed by atoms with Gasteiger partial charge in [0.05, 0.1) is 25.2 Å². The van der Waals surface area contributed by atoms with Gasteiger partial charge in [-0.15, -0.1) is 0 Å². The molecule has 1 heterocycles. The average Bonchev–Trinajstić information content (AvgIpc) is 2.62. The summed E-state index contributed by atoms with van der Waals surface area (Å²) in [5.74, 6) is -0.477. The Morgan fingerprint density at radius 3 is 3.00 bits per heavy atom. The van der Waals surface area contributed by atoms with E-state index < -0.39 is 12.5 Å². The monoisotopic (exact) mass is 205 g/mol. The second-order valence-corrected chi connectivity index (χ2v) is 2.42. The van der Waals surface area contributed by atoms with E-state index in [4.69, 9.17) is 0 Å². The van der Waals surface area contributed by atoms with Crippen LogP contribution in [-0.2, 0) is 9.53 Å². The summed E-state index contributed by atoms with van der Waals surface area (Å²) in [6, 6.07) is 0. The number of rotatable bonds is 4. The normalized spacial score (nSPS) is 10.3. The number of carbonyl (C=O) groups is 1. The number of nitrogens with one attached hydrogen (secondary N) is 1. The molecule has 1 aromatic heterocycles. The smallest absolute Gasteiger partial charge is 0.333 e. The minimum atomic E-state index is -2.68. The van der Waals surface area contributed by atoms with Crippen molar-refractivity contribution in [2.75, 3.05) is 19.0 Å². The van der Waals surface area contributed by atoms with Crippen molar-refractivity contribution in [2.45, 2.75) is 6.55 Å². The van der Waals surface area contributed by atoms with Crippen molar-refractivity contribution >= 4 is 11.7 Å². The number of halogens is 2. The van der Waals surface area contributed by atoms with Gasteiger partial charge in [0.15, 0.2) is 0 Å². The molecule has 0 aromatic carbocycles. The Morgan fingerprint density at radius 2 is 2.50 bits per heavy atom. The lowest BCUT2D eigenvalue weighted by atomic mass is 10.5. The predicted octanol–water partition coefficient (Wildman–Crippen LogP) is 0.863. The highest BCUT2D eigenvalue weighted by Crippen LogP contribution is 2.12. The molecule has 14 heavy (non-hydrogen) atoms. The first-order valence-corrected chi connectivity index (χ1v) is 3.76. The minimum absolute atomic E-state index is 0.0779. The van der Waals surface area contributed by atoms with Crippen LogP contribution in [0.15, 0.2) is 12.4 Å². The molecule has 0 unspecified atom stereocenters. The second kappa shape index (κ2) is 4.54. The number of alkyl halides is 2. The van der Waals surface area contributed by atoms with Crippen LogP contribution in [0.4, 0.5) is 14.5 Å². The van der Waals surface area contributed by atoms with Gasteiger partial charge in [0, 0.05) is 0 Å². The third-order valence-corrected chi connectivity index (χ3v) is 1.47. The van der Waals surface area contributed by atoms with Crippen molar-refractivity contribution in [3.8, 4) is 0 Å². The van der Waals surface area contributed by atoms with Crippen LogP contribution in [0.25, 0.3) is 0 Å². The van der Waals surface area contributed by atoms with Gasteiger partial charge in [0.2, 0.25) is 0 Å². The number of methoxy groups -OCH3 is 1. The summed E-state index contributed by atoms with van der Waals surface area (Å²) in [6.07, 6.45) is 2.31. The molecule has 0 aliphatic carbocycles. The number of hydrogen-bond donors (Lipinski definition) is 1. The van der Waals surface area contributed by atoms with Crippen LogP contribution in [0.1, 0.15) is 6.55 Å². The molecule has 78 valence electrons. The lowest BCUT2D eigenvalue weighted by Gasteiger charge is -2.00. The molecule has 0 amide bonds. The molecule has 1 N–H and O–H groups in total. The van der Waals surface area contributed by atoms with Crippen molar-refractivity contribution in [3.05, 3.63) is 12.4 Å². The number of ether oxygens (including phenoxy) is 1. The fraction of sp³-hybridized carbons (Fsp3) is 0.429. The Labute approximate surface area is 78.7 Å². The van der Waals surface area contributed by atoms with Gasteiger partial charge in [-0.25, -0.2) is 4.68 Å². The molecular weight excluding hydrogens is 196 g/mol. The number of hydrogen-bond acceptors (Lipinski definition) is 4. The second-order valence-electron chi connectivity index (χ2n) is 2.42. The van der Waals surface area contributed by atoms with Gasteiger partial charge in [-0.1, -0.05) is 0 Å². The zero-order valence-electron chi connectivity index (χ0n) is 7.41. The summed E-state index contributed by atoms with van der Waals surface area (Å²) in [5, 5.41) is 5.95. The van der Waals surface area contributed by atoms with E-state index in [1.807, 2.05) is 0 Å². The first-order chi connectivity index (χ1) is 6.63. The van der Waals surface area contributed by atoms with Gasteiger partial charge in [0.1, 0.15) is 6.54 Å². The minimum Gasteiger partial charge on any atom is -0.468 e. The first-order valence-electron chi connectivity index (χ1n) is 3.76. The summed E-state index contributed by atoms with van der Waals surface area (Å²) >= 11 is 0. The van der Waals surface area contributed by atoms with Crippen molar-refractivity contribution < 1.29 is 18.3 Å². The van der Waals surface area contributed by atoms with Crippen LogP contribution in [0.3, 0.4) is 0 Å². The molecule has 0 bridgehead atoms. The van der Waals surface area contributed by atoms with E-state index in [2.05, 4.69) is 15.2 Å². The summed E-state index contributed by atoms with van der Waals surface area (Å²) in [5.41, 5.74) is 0.343. The summed E-state index contributed by atoms with van der Waals surface area (Å²) in [6.45, 7) is -2.76. The number of anilines is 1. The van der Waals surface area contributed by atoms with Crippen LogP contribution in [0.2, 0.25) is 0 Å². The lowest BCUT2D eigenvalue weighted by molar-refractivity contribution is -0.138. The van der Waals surface area contributed by atoms with Crippen LogP contribution < -0.4 is 5.32 Å². The van der Waals surface area contributed by atoms with Crippen LogP contribution in [-0.4, -0.2) is 29.4 Å². The first kappa shape index (κ1) is 10.4. The topological polar surface area (TPSA) is 56.1 Å². The van der Waals surface area contributed by atoms with E-state index in [1.165, 1.54) is 13.3 Å². The molecule has 0 saturated heterocycles. The number of carbonyl (C=O) groups excluding carboxylic acids is 1. The zero-order valence-corrected chi connectivity index (χ0v) is 7.41. The Hall–Kier alpha value is -1.66. The lowest BCUT2D eigenvalue weighted by Crippen LogP contribution is -2.14. The van der Waals surface area contributed by atoms with Crippen molar-refractivity contribution in [1.82, 2.24) is 9.78 Å². The highest BCUT2D eigenvalue weighted by atomic mass is 19.3. The Balaban J connectivity index is 2.48. The Bertz CT molecular complexity index is 314. The Kier molecular flexibility index (Phi) is 3.38. The fourth-order valence-corrected chi connectivity index (χ4v) is 0.782. The number of aromatic nitrogens is 2. The molecular formula is C7H9F2N3O2. The van der Waals surface area contributed by atoms with Crippen LogP contribution in [0.5, 0.6) is 0 Å². The molecule has 1 aromatic rings. The molecule has 0 atom stereocenters. The predicted molar refractivity (Wildman–Crippen MR) is 44.0 cm³/mol. The quantitative estimate of drug-likeness (QED) is 0.741. The Morgan fingerprint density at radius 1 is 1.79 bits per heavy atom. The molecule has 0 aliphatic heterocycles. The van der Waals surface area contributed by atoms with Crippen LogP contribution in [0, 0.1) is 0 Å². The summed E-state index contributed by atoms with van der Waals surface area (Å²) in [4.78, 5) is 10.7. The van der Waals surface area contributed by atoms with E-state index >= 15 is 0 Å². The third-order valence-electron chi connectivity index (χ3n) is 1.47. The van der Waals surface area contributed by atoms with Gasteiger partial charge in [0.25, 0.3) is 0 Å². The summed E-state index contributed by atoms with van der Waals surface area (Å²) in [7, 11) is 1.24. The van der Waals surface area contributed by atoms with Gasteiger partial charge in [-0.05, 0) is 0 Å². The average molecular weight is 205 g/mol. The molecule has 0 aliphatic rings. The van der Waals surface area contributed by atoms with Gasteiger partial charge >= 0.3 is 12.5 Å². The molecule has 0 spiro atoms. The highest BCUT2D eigenvalue weighted by molar-refractivity contribution is 5.74. The maximum absolute atomic E-state index is 12.0. The molecule has 1 rings (SSSR count). The molecule has 0 saturated carbocycles. The number of esters is 1. The van der Waals surface area contributed by atoms with E-state index in [-0.39, 0.29) is 6.54 Å². The van der Waals surface area contributed by atoms with Crippen molar-refractivity contribution in [3.63, 3.8) is 0 Å². The molecule has 0 fully saturated rings. The SMILES string of the molecule is COC(=O)CNc1cnn(C(F)F)c1. The van der Waals surface area contributed by atoms with E-state index in [0.29, 0.717) is 10.4 Å². The van der Waals surface area contributed by atoms with Gasteiger partial charge in [-0.3, -0.25) is 4.79 Å². The third kappa shape index (κ3) is 2.68. The summed E-state index contributed by atoms with van der Waals surface area (Å²) < 4.78 is 28.9. The maximum atomic E-state index is 12.0. The highest BCUT2D eigenvalue weighted by Gasteiger charge is 2.07. The van der Waals surface area contributed by atoms with Gasteiger partial charge in [-0.2, -0.15) is 13.9 Å². The van der Waals surface area contributed by atoms with E-state index in [0.717, 1.165) is 6.20 Å². The molecule has 0 radical (unpaired) electrons. The van der Waals surface area contributed by atoms with Gasteiger partial charge < -0.3 is 10.1 Å². The van der Waals surface area contributed by atoms with E-state index in [9.17, 15) is 13.6 Å². The number of nitrogens with zero attached hydrogens (tertiary/aromatic N) is 2. The van der Waals surface area contributed by atoms with Crippen LogP contribution >= 0.6 is 0 Å². The molecule has 7 heteroatoms. The molecule has 5 nitrogen and oxygen atoms in total. The largest absolute Gasteiger partial charge is 0.468 e. The fourth-order valence-electron chi connectivity index (χ4n) is 0.782. The maximum Gasteiger partial charge on any atom is 0.333 e. The van der Waals surface area contributed by atoms with Crippen molar-refractivity contribution in [1.29, 1.82) is 0 Å². The van der Waals surface area contributed by atoms with Crippen molar-refractivity contribution in [2.24, 2.45) is 0 Å². The zero-order chi connectivity index (χ0) is 10.6. The van der Waals surface area contributed by atoms with E-state index in [1.54, 1.807) is 0 Å². The standard InChI is InChI=1S/C7H9F2N3O2/c1-14-6(13)3-10-5-2-11-12(4-5)7(8)9/h2,4,7,10H,3H2,1H3.